The fraction of sp³-hybridized carbons (Fsp3) is 0.467. The van der Waals surface area contributed by atoms with Gasteiger partial charge in [0.2, 0.25) is 0 Å². The van der Waals surface area contributed by atoms with Crippen LogP contribution in [-0.2, 0) is 12.1 Å². The van der Waals surface area contributed by atoms with E-state index in [2.05, 4.69) is 5.32 Å². The van der Waals surface area contributed by atoms with Crippen molar-refractivity contribution >= 4 is 0 Å². The van der Waals surface area contributed by atoms with Gasteiger partial charge in [-0.05, 0) is 45.9 Å². The molecule has 1 atom stereocenters. The fourth-order valence-electron chi connectivity index (χ4n) is 2.27. The Morgan fingerprint density at radius 2 is 1.89 bits per heavy atom. The molecule has 0 aliphatic heterocycles. The van der Waals surface area contributed by atoms with E-state index in [-0.39, 0.29) is 0 Å². The molecule has 1 unspecified atom stereocenters. The summed E-state index contributed by atoms with van der Waals surface area (Å²) in [5.74, 6) is 3.34. The SMILES string of the molecule is Cc1ccc(CNCC(C)(O)c2cc(C)oc2C)o1. The lowest BCUT2D eigenvalue weighted by atomic mass is 9.96. The number of nitrogens with one attached hydrogen (secondary N) is 1. The van der Waals surface area contributed by atoms with Gasteiger partial charge < -0.3 is 19.3 Å². The van der Waals surface area contributed by atoms with Crippen molar-refractivity contribution in [1.29, 1.82) is 0 Å². The first-order valence-corrected chi connectivity index (χ1v) is 6.44. The van der Waals surface area contributed by atoms with E-state index in [9.17, 15) is 5.11 Å². The molecule has 0 saturated carbocycles. The summed E-state index contributed by atoms with van der Waals surface area (Å²) >= 11 is 0. The summed E-state index contributed by atoms with van der Waals surface area (Å²) in [6, 6.07) is 5.75. The van der Waals surface area contributed by atoms with E-state index in [1.807, 2.05) is 39.0 Å². The molecule has 104 valence electrons. The number of hydrogen-bond acceptors (Lipinski definition) is 4. The van der Waals surface area contributed by atoms with Gasteiger partial charge in [0.05, 0.1) is 6.54 Å². The molecule has 2 aromatic rings. The maximum Gasteiger partial charge on any atom is 0.117 e. The molecule has 0 fully saturated rings. The third kappa shape index (κ3) is 3.28. The summed E-state index contributed by atoms with van der Waals surface area (Å²) in [5, 5.41) is 13.7. The van der Waals surface area contributed by atoms with Crippen molar-refractivity contribution in [3.05, 3.63) is 46.8 Å². The highest BCUT2D eigenvalue weighted by atomic mass is 16.3. The molecule has 2 aromatic heterocycles. The lowest BCUT2D eigenvalue weighted by Crippen LogP contribution is -2.35. The molecular formula is C15H21NO3. The van der Waals surface area contributed by atoms with Crippen molar-refractivity contribution in [3.8, 4) is 0 Å². The Balaban J connectivity index is 1.96. The van der Waals surface area contributed by atoms with Crippen LogP contribution in [0.2, 0.25) is 0 Å². The summed E-state index contributed by atoms with van der Waals surface area (Å²) in [7, 11) is 0. The van der Waals surface area contributed by atoms with Gasteiger partial charge in [-0.1, -0.05) is 0 Å². The zero-order valence-electron chi connectivity index (χ0n) is 11.9. The van der Waals surface area contributed by atoms with Crippen molar-refractivity contribution in [2.24, 2.45) is 0 Å². The van der Waals surface area contributed by atoms with Crippen LogP contribution < -0.4 is 5.32 Å². The molecule has 19 heavy (non-hydrogen) atoms. The highest BCUT2D eigenvalue weighted by Gasteiger charge is 2.27. The molecule has 2 heterocycles. The van der Waals surface area contributed by atoms with Crippen LogP contribution in [0.5, 0.6) is 0 Å². The Morgan fingerprint density at radius 1 is 1.16 bits per heavy atom. The van der Waals surface area contributed by atoms with Crippen molar-refractivity contribution < 1.29 is 13.9 Å². The number of hydrogen-bond donors (Lipinski definition) is 2. The van der Waals surface area contributed by atoms with E-state index >= 15 is 0 Å². The minimum Gasteiger partial charge on any atom is -0.466 e. The maximum absolute atomic E-state index is 10.5. The first kappa shape index (κ1) is 13.9. The van der Waals surface area contributed by atoms with Crippen LogP contribution in [-0.4, -0.2) is 11.7 Å². The molecule has 2 N–H and O–H groups in total. The zero-order chi connectivity index (χ0) is 14.0. The van der Waals surface area contributed by atoms with Gasteiger partial charge in [0.15, 0.2) is 0 Å². The van der Waals surface area contributed by atoms with E-state index in [4.69, 9.17) is 8.83 Å². The first-order chi connectivity index (χ1) is 8.88. The third-order valence-corrected chi connectivity index (χ3v) is 3.19. The summed E-state index contributed by atoms with van der Waals surface area (Å²) in [5.41, 5.74) is -0.128. The topological polar surface area (TPSA) is 58.5 Å². The van der Waals surface area contributed by atoms with E-state index < -0.39 is 5.60 Å². The Morgan fingerprint density at radius 3 is 2.42 bits per heavy atom. The van der Waals surface area contributed by atoms with Gasteiger partial charge in [-0.25, -0.2) is 0 Å². The summed E-state index contributed by atoms with van der Waals surface area (Å²) in [4.78, 5) is 0. The number of aryl methyl sites for hydroxylation is 3. The molecule has 0 bridgehead atoms. The molecule has 4 heteroatoms. The van der Waals surface area contributed by atoms with Crippen LogP contribution >= 0.6 is 0 Å². The first-order valence-electron chi connectivity index (χ1n) is 6.44. The monoisotopic (exact) mass is 263 g/mol. The normalized spacial score (nSPS) is 14.6. The van der Waals surface area contributed by atoms with Gasteiger partial charge in [-0.15, -0.1) is 0 Å². The highest BCUT2D eigenvalue weighted by molar-refractivity contribution is 5.26. The summed E-state index contributed by atoms with van der Waals surface area (Å²) in [6.07, 6.45) is 0. The van der Waals surface area contributed by atoms with Crippen LogP contribution in [0.1, 0.15) is 35.5 Å². The van der Waals surface area contributed by atoms with Crippen LogP contribution in [0.3, 0.4) is 0 Å². The minimum absolute atomic E-state index is 0.437. The molecule has 0 saturated heterocycles. The van der Waals surface area contributed by atoms with Gasteiger partial charge in [0.25, 0.3) is 0 Å². The molecule has 0 amide bonds. The van der Waals surface area contributed by atoms with Gasteiger partial charge in [-0.2, -0.15) is 0 Å². The van der Waals surface area contributed by atoms with Gasteiger partial charge in [0, 0.05) is 12.1 Å². The Bertz CT molecular complexity index is 551. The quantitative estimate of drug-likeness (QED) is 0.871. The van der Waals surface area contributed by atoms with E-state index in [1.165, 1.54) is 0 Å². The molecule has 2 rings (SSSR count). The Kier molecular flexibility index (Phi) is 3.83. The van der Waals surface area contributed by atoms with Gasteiger partial charge in [-0.3, -0.25) is 0 Å². The Labute approximate surface area is 113 Å². The lowest BCUT2D eigenvalue weighted by Gasteiger charge is -2.23. The van der Waals surface area contributed by atoms with Gasteiger partial charge in [0.1, 0.15) is 28.6 Å². The molecular weight excluding hydrogens is 242 g/mol. The fourth-order valence-corrected chi connectivity index (χ4v) is 2.27. The maximum atomic E-state index is 10.5. The summed E-state index contributed by atoms with van der Waals surface area (Å²) < 4.78 is 10.9. The van der Waals surface area contributed by atoms with Crippen molar-refractivity contribution in [1.82, 2.24) is 5.32 Å². The van der Waals surface area contributed by atoms with Crippen LogP contribution in [0.15, 0.2) is 27.0 Å². The van der Waals surface area contributed by atoms with Crippen LogP contribution in [0.4, 0.5) is 0 Å². The average molecular weight is 263 g/mol. The number of furan rings is 2. The largest absolute Gasteiger partial charge is 0.466 e. The smallest absolute Gasteiger partial charge is 0.117 e. The number of aliphatic hydroxyl groups is 1. The molecule has 0 aromatic carbocycles. The molecule has 0 aliphatic rings. The molecule has 0 aliphatic carbocycles. The zero-order valence-corrected chi connectivity index (χ0v) is 11.9. The second-order valence-corrected chi connectivity index (χ2v) is 5.22. The standard InChI is InChI=1S/C15H21NO3/c1-10-5-6-13(19-10)8-16-9-15(4,17)14-7-11(2)18-12(14)3/h5-7,16-17H,8-9H2,1-4H3. The Hall–Kier alpha value is -1.52. The van der Waals surface area contributed by atoms with E-state index in [0.717, 1.165) is 28.6 Å². The molecule has 4 nitrogen and oxygen atoms in total. The van der Waals surface area contributed by atoms with Crippen molar-refractivity contribution in [2.45, 2.75) is 39.8 Å². The predicted octanol–water partition coefficient (Wildman–Crippen LogP) is 2.80. The third-order valence-electron chi connectivity index (χ3n) is 3.19. The highest BCUT2D eigenvalue weighted by Crippen LogP contribution is 2.26. The average Bonchev–Trinajstić information content (AvgIpc) is 2.85. The van der Waals surface area contributed by atoms with Crippen molar-refractivity contribution in [3.63, 3.8) is 0 Å². The van der Waals surface area contributed by atoms with Crippen LogP contribution in [0.25, 0.3) is 0 Å². The van der Waals surface area contributed by atoms with E-state index in [1.54, 1.807) is 6.92 Å². The molecule has 0 radical (unpaired) electrons. The van der Waals surface area contributed by atoms with Crippen molar-refractivity contribution in [2.75, 3.05) is 6.54 Å². The predicted molar refractivity (Wildman–Crippen MR) is 72.9 cm³/mol. The van der Waals surface area contributed by atoms with E-state index in [0.29, 0.717) is 13.1 Å². The van der Waals surface area contributed by atoms with Crippen LogP contribution in [0, 0.1) is 20.8 Å². The minimum atomic E-state index is -0.955. The lowest BCUT2D eigenvalue weighted by molar-refractivity contribution is 0.0547. The molecule has 0 spiro atoms. The van der Waals surface area contributed by atoms with Gasteiger partial charge >= 0.3 is 0 Å². The number of rotatable bonds is 5. The second kappa shape index (κ2) is 5.23. The summed E-state index contributed by atoms with van der Waals surface area (Å²) in [6.45, 7) is 8.48. The second-order valence-electron chi connectivity index (χ2n) is 5.22.